The van der Waals surface area contributed by atoms with E-state index < -0.39 is 5.97 Å². The molecule has 2 aliphatic rings. The first-order chi connectivity index (χ1) is 8.16. The second-order valence-corrected chi connectivity index (χ2v) is 5.04. The summed E-state index contributed by atoms with van der Waals surface area (Å²) in [6.07, 6.45) is 4.90. The van der Waals surface area contributed by atoms with Crippen LogP contribution in [0, 0.1) is 5.92 Å². The van der Waals surface area contributed by atoms with Crippen LogP contribution in [-0.4, -0.2) is 35.6 Å². The molecule has 0 bridgehead atoms. The number of amides is 1. The summed E-state index contributed by atoms with van der Waals surface area (Å²) < 4.78 is 0. The molecule has 0 radical (unpaired) electrons. The van der Waals surface area contributed by atoms with Crippen molar-refractivity contribution in [3.05, 3.63) is 0 Å². The van der Waals surface area contributed by atoms with Crippen LogP contribution in [0.15, 0.2) is 0 Å². The largest absolute Gasteiger partial charge is 0.481 e. The quantitative estimate of drug-likeness (QED) is 0.671. The predicted molar refractivity (Wildman–Crippen MR) is 62.5 cm³/mol. The molecule has 0 aromatic carbocycles. The van der Waals surface area contributed by atoms with Crippen molar-refractivity contribution in [1.82, 2.24) is 10.6 Å². The Balaban J connectivity index is 1.74. The second-order valence-electron chi connectivity index (χ2n) is 5.04. The molecule has 1 aliphatic carbocycles. The molecule has 2 rings (SSSR count). The lowest BCUT2D eigenvalue weighted by Gasteiger charge is -2.27. The average Bonchev–Trinajstić information content (AvgIpc) is 2.83. The highest BCUT2D eigenvalue weighted by molar-refractivity contribution is 5.82. The Hall–Kier alpha value is -1.10. The lowest BCUT2D eigenvalue weighted by Crippen LogP contribution is -2.46. The Kier molecular flexibility index (Phi) is 3.99. The lowest BCUT2D eigenvalue weighted by atomic mass is 9.86. The summed E-state index contributed by atoms with van der Waals surface area (Å²) in [5.74, 6) is -0.832. The topological polar surface area (TPSA) is 78.4 Å². The van der Waals surface area contributed by atoms with Crippen LogP contribution in [0.3, 0.4) is 0 Å². The van der Waals surface area contributed by atoms with Crippen molar-refractivity contribution in [3.63, 3.8) is 0 Å². The molecule has 2 fully saturated rings. The number of hydrogen-bond donors (Lipinski definition) is 3. The summed E-state index contributed by atoms with van der Waals surface area (Å²) in [5.41, 5.74) is 0. The van der Waals surface area contributed by atoms with Crippen molar-refractivity contribution in [2.75, 3.05) is 6.54 Å². The highest BCUT2D eigenvalue weighted by Gasteiger charge is 2.29. The highest BCUT2D eigenvalue weighted by Crippen LogP contribution is 2.24. The number of carboxylic acids is 1. The van der Waals surface area contributed by atoms with Gasteiger partial charge in [-0.25, -0.2) is 0 Å². The lowest BCUT2D eigenvalue weighted by molar-refractivity contribution is -0.142. The third kappa shape index (κ3) is 3.19. The van der Waals surface area contributed by atoms with E-state index in [4.69, 9.17) is 5.11 Å². The molecule has 1 unspecified atom stereocenters. The van der Waals surface area contributed by atoms with Gasteiger partial charge in [0.15, 0.2) is 0 Å². The molecule has 17 heavy (non-hydrogen) atoms. The number of carboxylic acid groups (broad SMARTS) is 1. The van der Waals surface area contributed by atoms with Gasteiger partial charge in [0.2, 0.25) is 5.91 Å². The first kappa shape index (κ1) is 12.4. The fourth-order valence-corrected chi connectivity index (χ4v) is 2.69. The molecule has 1 atom stereocenters. The predicted octanol–water partition coefficient (Wildman–Crippen LogP) is 0.498. The van der Waals surface area contributed by atoms with Crippen LogP contribution in [0.2, 0.25) is 0 Å². The van der Waals surface area contributed by atoms with Crippen molar-refractivity contribution < 1.29 is 14.7 Å². The van der Waals surface area contributed by atoms with Gasteiger partial charge >= 0.3 is 5.97 Å². The molecule has 1 saturated carbocycles. The van der Waals surface area contributed by atoms with Crippen LogP contribution in [0.5, 0.6) is 0 Å². The van der Waals surface area contributed by atoms with Crippen LogP contribution in [0.25, 0.3) is 0 Å². The molecule has 1 heterocycles. The van der Waals surface area contributed by atoms with Gasteiger partial charge < -0.3 is 15.7 Å². The standard InChI is InChI=1S/C12H20N2O3/c15-11(10-2-1-7-13-10)14-9-5-3-8(4-6-9)12(16)17/h8-10,13H,1-7H2,(H,14,15)(H,16,17). The number of rotatable bonds is 3. The minimum atomic E-state index is -0.702. The highest BCUT2D eigenvalue weighted by atomic mass is 16.4. The van der Waals surface area contributed by atoms with Gasteiger partial charge in [0.1, 0.15) is 0 Å². The van der Waals surface area contributed by atoms with E-state index in [-0.39, 0.29) is 23.9 Å². The third-order valence-corrected chi connectivity index (χ3v) is 3.80. The van der Waals surface area contributed by atoms with E-state index in [1.165, 1.54) is 0 Å². The van der Waals surface area contributed by atoms with Crippen molar-refractivity contribution in [2.45, 2.75) is 50.6 Å². The second kappa shape index (κ2) is 5.49. The summed E-state index contributed by atoms with van der Waals surface area (Å²) in [6, 6.07) is 0.132. The number of carbonyl (C=O) groups is 2. The Morgan fingerprint density at radius 3 is 2.35 bits per heavy atom. The van der Waals surface area contributed by atoms with Crippen LogP contribution in [0.1, 0.15) is 38.5 Å². The fraction of sp³-hybridized carbons (Fsp3) is 0.833. The Bertz CT molecular complexity index is 292. The number of carbonyl (C=O) groups excluding carboxylic acids is 1. The maximum atomic E-state index is 11.8. The van der Waals surface area contributed by atoms with Gasteiger partial charge in [0.25, 0.3) is 0 Å². The summed E-state index contributed by atoms with van der Waals surface area (Å²) in [7, 11) is 0. The van der Waals surface area contributed by atoms with E-state index in [1.54, 1.807) is 0 Å². The zero-order chi connectivity index (χ0) is 12.3. The normalized spacial score (nSPS) is 33.3. The molecule has 5 nitrogen and oxygen atoms in total. The zero-order valence-corrected chi connectivity index (χ0v) is 9.95. The summed E-state index contributed by atoms with van der Waals surface area (Å²) >= 11 is 0. The molecule has 0 spiro atoms. The molecular formula is C12H20N2O3. The van der Waals surface area contributed by atoms with Gasteiger partial charge in [-0.3, -0.25) is 9.59 Å². The van der Waals surface area contributed by atoms with Crippen LogP contribution in [0.4, 0.5) is 0 Å². The molecule has 1 saturated heterocycles. The average molecular weight is 240 g/mol. The van der Waals surface area contributed by atoms with Gasteiger partial charge in [-0.15, -0.1) is 0 Å². The first-order valence-electron chi connectivity index (χ1n) is 6.43. The number of nitrogens with one attached hydrogen (secondary N) is 2. The summed E-state index contributed by atoms with van der Waals surface area (Å²) in [4.78, 5) is 22.6. The molecule has 1 aliphatic heterocycles. The van der Waals surface area contributed by atoms with Crippen LogP contribution in [-0.2, 0) is 9.59 Å². The third-order valence-electron chi connectivity index (χ3n) is 3.80. The molecule has 0 aromatic heterocycles. The zero-order valence-electron chi connectivity index (χ0n) is 9.95. The van der Waals surface area contributed by atoms with Crippen molar-refractivity contribution >= 4 is 11.9 Å². The smallest absolute Gasteiger partial charge is 0.306 e. The van der Waals surface area contributed by atoms with Crippen molar-refractivity contribution in [2.24, 2.45) is 5.92 Å². The maximum absolute atomic E-state index is 11.8. The van der Waals surface area contributed by atoms with Gasteiger partial charge in [0, 0.05) is 6.04 Å². The minimum Gasteiger partial charge on any atom is -0.481 e. The van der Waals surface area contributed by atoms with Crippen LogP contribution >= 0.6 is 0 Å². The fourth-order valence-electron chi connectivity index (χ4n) is 2.69. The van der Waals surface area contributed by atoms with E-state index in [0.717, 1.165) is 32.2 Å². The van der Waals surface area contributed by atoms with Gasteiger partial charge in [-0.2, -0.15) is 0 Å². The van der Waals surface area contributed by atoms with Crippen molar-refractivity contribution in [3.8, 4) is 0 Å². The number of hydrogen-bond acceptors (Lipinski definition) is 3. The van der Waals surface area contributed by atoms with E-state index >= 15 is 0 Å². The van der Waals surface area contributed by atoms with Gasteiger partial charge in [-0.05, 0) is 45.1 Å². The van der Waals surface area contributed by atoms with E-state index in [9.17, 15) is 9.59 Å². The molecule has 5 heteroatoms. The summed E-state index contributed by atoms with van der Waals surface area (Å²) in [6.45, 7) is 0.920. The van der Waals surface area contributed by atoms with E-state index in [2.05, 4.69) is 10.6 Å². The monoisotopic (exact) mass is 240 g/mol. The molecule has 3 N–H and O–H groups in total. The first-order valence-corrected chi connectivity index (χ1v) is 6.43. The Morgan fingerprint density at radius 1 is 1.12 bits per heavy atom. The Morgan fingerprint density at radius 2 is 1.82 bits per heavy atom. The Labute approximate surface area is 101 Å². The molecule has 96 valence electrons. The van der Waals surface area contributed by atoms with Crippen molar-refractivity contribution in [1.29, 1.82) is 0 Å². The van der Waals surface area contributed by atoms with E-state index in [1.807, 2.05) is 0 Å². The molecular weight excluding hydrogens is 220 g/mol. The van der Waals surface area contributed by atoms with Gasteiger partial charge in [0.05, 0.1) is 12.0 Å². The SMILES string of the molecule is O=C(O)C1CCC(NC(=O)C2CCCN2)CC1. The number of aliphatic carboxylic acids is 1. The molecule has 1 amide bonds. The maximum Gasteiger partial charge on any atom is 0.306 e. The molecule has 0 aromatic rings. The van der Waals surface area contributed by atoms with Crippen LogP contribution < -0.4 is 10.6 Å². The minimum absolute atomic E-state index is 0.0350. The van der Waals surface area contributed by atoms with E-state index in [0.29, 0.717) is 12.8 Å². The van der Waals surface area contributed by atoms with Gasteiger partial charge in [-0.1, -0.05) is 0 Å². The summed E-state index contributed by atoms with van der Waals surface area (Å²) in [5, 5.41) is 15.1.